The van der Waals surface area contributed by atoms with E-state index in [1.54, 1.807) is 55.5 Å². The summed E-state index contributed by atoms with van der Waals surface area (Å²) in [5.41, 5.74) is -0.265. The van der Waals surface area contributed by atoms with E-state index in [2.05, 4.69) is 9.71 Å². The molecule has 0 saturated heterocycles. The second-order valence-electron chi connectivity index (χ2n) is 6.19. The molecule has 1 aliphatic rings. The number of sulfonamides is 1. The van der Waals surface area contributed by atoms with Crippen LogP contribution in [0.2, 0.25) is 5.02 Å². The lowest BCUT2D eigenvalue weighted by Gasteiger charge is -2.28. The first-order valence-electron chi connectivity index (χ1n) is 7.79. The van der Waals surface area contributed by atoms with Crippen molar-refractivity contribution in [3.8, 4) is 0 Å². The van der Waals surface area contributed by atoms with Crippen LogP contribution in [0.4, 0.5) is 0 Å². The molecule has 1 aliphatic heterocycles. The van der Waals surface area contributed by atoms with Gasteiger partial charge < -0.3 is 4.74 Å². The minimum Gasteiger partial charge on any atom is -0.405 e. The Hall–Kier alpha value is -2.22. The fourth-order valence-corrected chi connectivity index (χ4v) is 3.65. The number of carbonyl (C=O) groups excluding carboxylic acids is 1. The van der Waals surface area contributed by atoms with E-state index in [1.807, 2.05) is 6.07 Å². The number of ether oxygens (including phenoxy) is 1. The van der Waals surface area contributed by atoms with Gasteiger partial charge in [0.15, 0.2) is 5.54 Å². The largest absolute Gasteiger partial charge is 0.405 e. The second kappa shape index (κ2) is 6.83. The van der Waals surface area contributed by atoms with Crippen molar-refractivity contribution in [1.82, 2.24) is 4.72 Å². The smallest absolute Gasteiger partial charge is 0.342 e. The molecule has 0 fully saturated rings. The van der Waals surface area contributed by atoms with E-state index in [0.29, 0.717) is 16.1 Å². The number of aliphatic imine (C=N–C) groups is 1. The maximum absolute atomic E-state index is 12.6. The molecule has 3 rings (SSSR count). The van der Waals surface area contributed by atoms with Crippen molar-refractivity contribution in [2.75, 3.05) is 6.26 Å². The third kappa shape index (κ3) is 3.80. The van der Waals surface area contributed by atoms with Crippen LogP contribution in [0.3, 0.4) is 0 Å². The van der Waals surface area contributed by atoms with Gasteiger partial charge in [0.05, 0.1) is 12.3 Å². The maximum Gasteiger partial charge on any atom is 0.342 e. The van der Waals surface area contributed by atoms with Gasteiger partial charge in [0.1, 0.15) is 0 Å². The molecule has 0 unspecified atom stereocenters. The summed E-state index contributed by atoms with van der Waals surface area (Å²) in [5, 5.41) is 0.500. The number of rotatable bonds is 5. The van der Waals surface area contributed by atoms with E-state index in [4.69, 9.17) is 16.3 Å². The first kappa shape index (κ1) is 18.6. The Morgan fingerprint density at radius 1 is 1.12 bits per heavy atom. The third-order valence-electron chi connectivity index (χ3n) is 4.05. The summed E-state index contributed by atoms with van der Waals surface area (Å²) in [7, 11) is -3.62. The van der Waals surface area contributed by atoms with Crippen molar-refractivity contribution >= 4 is 33.5 Å². The Morgan fingerprint density at radius 3 is 2.31 bits per heavy atom. The van der Waals surface area contributed by atoms with Gasteiger partial charge in [-0.15, -0.1) is 0 Å². The zero-order chi connectivity index (χ0) is 18.9. The molecule has 0 aliphatic carbocycles. The summed E-state index contributed by atoms with van der Waals surface area (Å²) in [6, 6.07) is 14.6. The third-order valence-corrected chi connectivity index (χ3v) is 4.97. The van der Waals surface area contributed by atoms with Gasteiger partial charge >= 0.3 is 5.97 Å². The highest BCUT2D eigenvalue weighted by Gasteiger charge is 2.50. The fourth-order valence-electron chi connectivity index (χ4n) is 2.73. The summed E-state index contributed by atoms with van der Waals surface area (Å²) in [4.78, 5) is 17.1. The van der Waals surface area contributed by atoms with Crippen LogP contribution in [0, 0.1) is 0 Å². The zero-order valence-corrected chi connectivity index (χ0v) is 15.7. The van der Waals surface area contributed by atoms with Crippen LogP contribution in [-0.4, -0.2) is 32.1 Å². The lowest BCUT2D eigenvalue weighted by Crippen LogP contribution is -2.46. The standard InChI is InChI=1S/C18H17ClN2O4S/c1-18(17(22)25-16(20-18)13-6-4-3-5-7-13)15(21-26(2,23)24)12-8-10-14(19)11-9-12/h3-11,15,21H,1-2H3/t15-,18-/m1/s1. The van der Waals surface area contributed by atoms with Crippen LogP contribution in [-0.2, 0) is 19.6 Å². The summed E-state index contributed by atoms with van der Waals surface area (Å²) >= 11 is 5.92. The topological polar surface area (TPSA) is 84.8 Å². The minimum atomic E-state index is -3.62. The van der Waals surface area contributed by atoms with Gasteiger partial charge in [0, 0.05) is 10.6 Å². The predicted molar refractivity (Wildman–Crippen MR) is 99.6 cm³/mol. The molecule has 0 radical (unpaired) electrons. The Bertz CT molecular complexity index is 958. The molecule has 1 N–H and O–H groups in total. The van der Waals surface area contributed by atoms with E-state index >= 15 is 0 Å². The number of cyclic esters (lactones) is 1. The minimum absolute atomic E-state index is 0.160. The van der Waals surface area contributed by atoms with Gasteiger partial charge in [-0.05, 0) is 36.8 Å². The van der Waals surface area contributed by atoms with E-state index < -0.39 is 27.6 Å². The Balaban J connectivity index is 2.08. The van der Waals surface area contributed by atoms with Crippen LogP contribution in [0.15, 0.2) is 59.6 Å². The van der Waals surface area contributed by atoms with Crippen LogP contribution < -0.4 is 4.72 Å². The van der Waals surface area contributed by atoms with Crippen LogP contribution in [0.25, 0.3) is 0 Å². The number of hydrogen-bond donors (Lipinski definition) is 1. The quantitative estimate of drug-likeness (QED) is 0.793. The highest BCUT2D eigenvalue weighted by atomic mass is 35.5. The van der Waals surface area contributed by atoms with Crippen LogP contribution in [0.1, 0.15) is 24.1 Å². The lowest BCUT2D eigenvalue weighted by molar-refractivity contribution is -0.139. The van der Waals surface area contributed by atoms with Crippen molar-refractivity contribution in [2.45, 2.75) is 18.5 Å². The normalized spacial score (nSPS) is 21.2. The molecule has 0 amide bonds. The summed E-state index contributed by atoms with van der Waals surface area (Å²) < 4.78 is 31.7. The van der Waals surface area contributed by atoms with Crippen LogP contribution >= 0.6 is 11.6 Å². The van der Waals surface area contributed by atoms with Crippen molar-refractivity contribution in [2.24, 2.45) is 4.99 Å². The van der Waals surface area contributed by atoms with E-state index in [-0.39, 0.29) is 5.90 Å². The van der Waals surface area contributed by atoms with Gasteiger partial charge in [0.25, 0.3) is 0 Å². The molecule has 26 heavy (non-hydrogen) atoms. The number of nitrogens with one attached hydrogen (secondary N) is 1. The number of carbonyl (C=O) groups is 1. The molecule has 136 valence electrons. The van der Waals surface area contributed by atoms with E-state index in [9.17, 15) is 13.2 Å². The molecule has 2 aromatic carbocycles. The second-order valence-corrected chi connectivity index (χ2v) is 8.41. The molecule has 0 bridgehead atoms. The molecule has 0 saturated carbocycles. The molecule has 2 aromatic rings. The summed E-state index contributed by atoms with van der Waals surface area (Å²) in [6.45, 7) is 1.54. The fraction of sp³-hybridized carbons (Fsp3) is 0.222. The maximum atomic E-state index is 12.6. The first-order chi connectivity index (χ1) is 12.2. The van der Waals surface area contributed by atoms with Gasteiger partial charge in [-0.25, -0.2) is 22.9 Å². The Morgan fingerprint density at radius 2 is 1.73 bits per heavy atom. The van der Waals surface area contributed by atoms with E-state index in [1.165, 1.54) is 0 Å². The van der Waals surface area contributed by atoms with Crippen molar-refractivity contribution in [3.63, 3.8) is 0 Å². The average Bonchev–Trinajstić information content (AvgIpc) is 2.90. The van der Waals surface area contributed by atoms with E-state index in [0.717, 1.165) is 6.26 Å². The highest BCUT2D eigenvalue weighted by molar-refractivity contribution is 7.88. The molecular weight excluding hydrogens is 376 g/mol. The Kier molecular flexibility index (Phi) is 4.88. The molecule has 0 aromatic heterocycles. The average molecular weight is 393 g/mol. The Labute approximate surface area is 156 Å². The van der Waals surface area contributed by atoms with Crippen molar-refractivity contribution in [1.29, 1.82) is 0 Å². The number of esters is 1. The number of halogens is 1. The van der Waals surface area contributed by atoms with Crippen molar-refractivity contribution < 1.29 is 17.9 Å². The molecule has 6 nitrogen and oxygen atoms in total. The first-order valence-corrected chi connectivity index (χ1v) is 10.1. The monoisotopic (exact) mass is 392 g/mol. The molecule has 8 heteroatoms. The van der Waals surface area contributed by atoms with Crippen LogP contribution in [0.5, 0.6) is 0 Å². The zero-order valence-electron chi connectivity index (χ0n) is 14.1. The van der Waals surface area contributed by atoms with Gasteiger partial charge in [0.2, 0.25) is 15.9 Å². The van der Waals surface area contributed by atoms with Gasteiger partial charge in [-0.3, -0.25) is 0 Å². The molecular formula is C18H17ClN2O4S. The van der Waals surface area contributed by atoms with Gasteiger partial charge in [-0.2, -0.15) is 0 Å². The number of benzene rings is 2. The predicted octanol–water partition coefficient (Wildman–Crippen LogP) is 2.69. The van der Waals surface area contributed by atoms with Crippen molar-refractivity contribution in [3.05, 3.63) is 70.7 Å². The molecule has 2 atom stereocenters. The lowest BCUT2D eigenvalue weighted by atomic mass is 9.88. The highest BCUT2D eigenvalue weighted by Crippen LogP contribution is 2.36. The number of nitrogens with zero attached hydrogens (tertiary/aromatic N) is 1. The number of hydrogen-bond acceptors (Lipinski definition) is 5. The SMILES string of the molecule is C[C@]1([C@H](NS(C)(=O)=O)c2ccc(Cl)cc2)N=C(c2ccccc2)OC1=O. The molecule has 1 heterocycles. The molecule has 0 spiro atoms. The summed E-state index contributed by atoms with van der Waals surface area (Å²) in [6.07, 6.45) is 1.03. The van der Waals surface area contributed by atoms with Gasteiger partial charge in [-0.1, -0.05) is 41.9 Å². The summed E-state index contributed by atoms with van der Waals surface area (Å²) in [5.74, 6) is -0.472.